The Kier molecular flexibility index (Phi) is 4.33. The van der Waals surface area contributed by atoms with Crippen LogP contribution in [0.5, 0.6) is 0 Å². The fourth-order valence-corrected chi connectivity index (χ4v) is 1.22. The van der Waals surface area contributed by atoms with Crippen LogP contribution in [-0.2, 0) is 9.53 Å². The number of amides is 1. The third-order valence-electron chi connectivity index (χ3n) is 2.19. The van der Waals surface area contributed by atoms with E-state index in [1.807, 2.05) is 0 Å². The van der Waals surface area contributed by atoms with Gasteiger partial charge < -0.3 is 21.1 Å². The smallest absolute Gasteiger partial charge is 0.337 e. The van der Waals surface area contributed by atoms with Crippen molar-refractivity contribution in [2.45, 2.75) is 0 Å². The summed E-state index contributed by atoms with van der Waals surface area (Å²) in [5, 5.41) is 5.31. The molecule has 1 aromatic rings. The maximum Gasteiger partial charge on any atom is 0.337 e. The minimum atomic E-state index is -0.451. The van der Waals surface area contributed by atoms with Crippen LogP contribution in [-0.4, -0.2) is 32.6 Å². The first kappa shape index (κ1) is 12.8. The first-order valence-electron chi connectivity index (χ1n) is 5.00. The zero-order chi connectivity index (χ0) is 12.8. The number of hydrogen-bond acceptors (Lipinski definition) is 5. The fourth-order valence-electron chi connectivity index (χ4n) is 1.22. The predicted molar refractivity (Wildman–Crippen MR) is 64.8 cm³/mol. The second-order valence-electron chi connectivity index (χ2n) is 3.32. The van der Waals surface area contributed by atoms with Gasteiger partial charge in [-0.05, 0) is 18.2 Å². The molecule has 0 radical (unpaired) electrons. The van der Waals surface area contributed by atoms with Crippen LogP contribution < -0.4 is 16.4 Å². The Hall–Kier alpha value is -2.24. The summed E-state index contributed by atoms with van der Waals surface area (Å²) in [7, 11) is 2.84. The van der Waals surface area contributed by atoms with Gasteiger partial charge in [0.15, 0.2) is 0 Å². The number of methoxy groups -OCH3 is 1. The summed E-state index contributed by atoms with van der Waals surface area (Å²) < 4.78 is 4.59. The summed E-state index contributed by atoms with van der Waals surface area (Å²) in [4.78, 5) is 22.4. The predicted octanol–water partition coefficient (Wildman–Crippen LogP) is 0.213. The van der Waals surface area contributed by atoms with E-state index in [-0.39, 0.29) is 12.5 Å². The van der Waals surface area contributed by atoms with Gasteiger partial charge in [0.25, 0.3) is 0 Å². The minimum absolute atomic E-state index is 0.0886. The van der Waals surface area contributed by atoms with Crippen LogP contribution in [0.3, 0.4) is 0 Å². The van der Waals surface area contributed by atoms with Crippen molar-refractivity contribution in [3.05, 3.63) is 23.8 Å². The number of carbonyl (C=O) groups excluding carboxylic acids is 2. The van der Waals surface area contributed by atoms with Crippen LogP contribution in [0.1, 0.15) is 10.4 Å². The average Bonchev–Trinajstić information content (AvgIpc) is 2.36. The largest absolute Gasteiger partial charge is 0.465 e. The van der Waals surface area contributed by atoms with Crippen LogP contribution in [0.4, 0.5) is 11.4 Å². The molecule has 0 atom stereocenters. The van der Waals surface area contributed by atoms with Gasteiger partial charge in [-0.25, -0.2) is 4.79 Å². The van der Waals surface area contributed by atoms with Gasteiger partial charge in [0.05, 0.1) is 30.6 Å². The van der Waals surface area contributed by atoms with Crippen molar-refractivity contribution in [1.29, 1.82) is 0 Å². The Morgan fingerprint density at radius 3 is 2.71 bits per heavy atom. The van der Waals surface area contributed by atoms with E-state index in [4.69, 9.17) is 5.73 Å². The SMILES string of the molecule is CNC(=O)CNc1cc(C(=O)OC)ccc1N. The van der Waals surface area contributed by atoms with Crippen molar-refractivity contribution >= 4 is 23.3 Å². The summed E-state index contributed by atoms with van der Waals surface area (Å²) in [5.41, 5.74) is 7.07. The zero-order valence-corrected chi connectivity index (χ0v) is 9.74. The highest BCUT2D eigenvalue weighted by molar-refractivity contribution is 5.92. The standard InChI is InChI=1S/C11H15N3O3/c1-13-10(15)6-14-9-5-7(11(16)17-2)3-4-8(9)12/h3-5,14H,6,12H2,1-2H3,(H,13,15). The first-order valence-corrected chi connectivity index (χ1v) is 5.00. The van der Waals surface area contributed by atoms with Crippen LogP contribution in [0, 0.1) is 0 Å². The summed E-state index contributed by atoms with van der Waals surface area (Å²) in [6, 6.07) is 4.69. The van der Waals surface area contributed by atoms with Gasteiger partial charge >= 0.3 is 5.97 Å². The normalized spacial score (nSPS) is 9.53. The molecule has 1 aromatic carbocycles. The summed E-state index contributed by atoms with van der Waals surface area (Å²) in [6.45, 7) is 0.0886. The molecule has 0 fully saturated rings. The number of hydrogen-bond donors (Lipinski definition) is 3. The maximum atomic E-state index is 11.3. The lowest BCUT2D eigenvalue weighted by atomic mass is 10.1. The molecule has 0 aliphatic heterocycles. The topological polar surface area (TPSA) is 93.5 Å². The highest BCUT2D eigenvalue weighted by Crippen LogP contribution is 2.20. The Morgan fingerprint density at radius 2 is 2.12 bits per heavy atom. The third-order valence-corrected chi connectivity index (χ3v) is 2.19. The van der Waals surface area contributed by atoms with E-state index < -0.39 is 5.97 Å². The summed E-state index contributed by atoms with van der Waals surface area (Å²) >= 11 is 0. The van der Waals surface area contributed by atoms with Gasteiger partial charge in [-0.1, -0.05) is 0 Å². The van der Waals surface area contributed by atoms with E-state index in [1.165, 1.54) is 14.2 Å². The van der Waals surface area contributed by atoms with E-state index in [0.29, 0.717) is 16.9 Å². The Balaban J connectivity index is 2.83. The number of rotatable bonds is 4. The molecule has 0 saturated heterocycles. The van der Waals surface area contributed by atoms with Gasteiger partial charge in [-0.3, -0.25) is 4.79 Å². The van der Waals surface area contributed by atoms with Crippen LogP contribution in [0.25, 0.3) is 0 Å². The molecular weight excluding hydrogens is 222 g/mol. The Morgan fingerprint density at radius 1 is 1.41 bits per heavy atom. The number of carbonyl (C=O) groups is 2. The quantitative estimate of drug-likeness (QED) is 0.514. The molecule has 0 heterocycles. The van der Waals surface area contributed by atoms with Gasteiger partial charge in [0, 0.05) is 7.05 Å². The van der Waals surface area contributed by atoms with Crippen molar-refractivity contribution in [2.24, 2.45) is 0 Å². The molecule has 0 spiro atoms. The number of nitrogens with two attached hydrogens (primary N) is 1. The molecule has 0 aromatic heterocycles. The number of benzene rings is 1. The van der Waals surface area contributed by atoms with Crippen LogP contribution in [0.15, 0.2) is 18.2 Å². The summed E-state index contributed by atoms with van der Waals surface area (Å²) in [5.74, 6) is -0.624. The van der Waals surface area contributed by atoms with Crippen LogP contribution in [0.2, 0.25) is 0 Å². The molecular formula is C11H15N3O3. The Labute approximate surface area is 99.1 Å². The molecule has 6 nitrogen and oxygen atoms in total. The van der Waals surface area contributed by atoms with E-state index in [0.717, 1.165) is 0 Å². The van der Waals surface area contributed by atoms with E-state index in [2.05, 4.69) is 15.4 Å². The van der Waals surface area contributed by atoms with E-state index in [9.17, 15) is 9.59 Å². The van der Waals surface area contributed by atoms with Crippen LogP contribution >= 0.6 is 0 Å². The van der Waals surface area contributed by atoms with Gasteiger partial charge in [0.2, 0.25) is 5.91 Å². The Bertz CT molecular complexity index is 432. The third kappa shape index (κ3) is 3.37. The van der Waals surface area contributed by atoms with Crippen molar-refractivity contribution < 1.29 is 14.3 Å². The van der Waals surface area contributed by atoms with E-state index in [1.54, 1.807) is 18.2 Å². The molecule has 0 aliphatic carbocycles. The monoisotopic (exact) mass is 237 g/mol. The molecule has 0 saturated carbocycles. The maximum absolute atomic E-state index is 11.3. The molecule has 4 N–H and O–H groups in total. The lowest BCUT2D eigenvalue weighted by molar-refractivity contribution is -0.118. The van der Waals surface area contributed by atoms with Crippen molar-refractivity contribution in [3.63, 3.8) is 0 Å². The highest BCUT2D eigenvalue weighted by atomic mass is 16.5. The number of nitrogens with one attached hydrogen (secondary N) is 2. The number of esters is 1. The number of likely N-dealkylation sites (N-methyl/N-ethyl adjacent to an activating group) is 1. The highest BCUT2D eigenvalue weighted by Gasteiger charge is 2.08. The molecule has 92 valence electrons. The number of anilines is 2. The first-order chi connectivity index (χ1) is 8.08. The van der Waals surface area contributed by atoms with Gasteiger partial charge in [-0.2, -0.15) is 0 Å². The molecule has 1 rings (SSSR count). The van der Waals surface area contributed by atoms with E-state index >= 15 is 0 Å². The summed E-state index contributed by atoms with van der Waals surface area (Å²) in [6.07, 6.45) is 0. The molecule has 6 heteroatoms. The molecule has 0 unspecified atom stereocenters. The zero-order valence-electron chi connectivity index (χ0n) is 9.74. The minimum Gasteiger partial charge on any atom is -0.465 e. The second-order valence-corrected chi connectivity index (χ2v) is 3.32. The second kappa shape index (κ2) is 5.74. The van der Waals surface area contributed by atoms with Gasteiger partial charge in [-0.15, -0.1) is 0 Å². The van der Waals surface area contributed by atoms with Crippen molar-refractivity contribution in [3.8, 4) is 0 Å². The molecule has 1 amide bonds. The van der Waals surface area contributed by atoms with Crippen molar-refractivity contribution in [2.75, 3.05) is 31.8 Å². The lowest BCUT2D eigenvalue weighted by Gasteiger charge is -2.09. The van der Waals surface area contributed by atoms with Gasteiger partial charge in [0.1, 0.15) is 0 Å². The van der Waals surface area contributed by atoms with Crippen molar-refractivity contribution in [1.82, 2.24) is 5.32 Å². The molecule has 0 aliphatic rings. The number of nitrogen functional groups attached to an aromatic ring is 1. The molecule has 0 bridgehead atoms. The fraction of sp³-hybridized carbons (Fsp3) is 0.273. The number of ether oxygens (including phenoxy) is 1. The average molecular weight is 237 g/mol. The lowest BCUT2D eigenvalue weighted by Crippen LogP contribution is -2.26. The molecule has 17 heavy (non-hydrogen) atoms.